The second-order valence-electron chi connectivity index (χ2n) is 9.03. The largest absolute Gasteiger partial charge is 0.507 e. The quantitative estimate of drug-likeness (QED) is 0.235. The Hall–Kier alpha value is -2.37. The molecule has 8 atom stereocenters. The van der Waals surface area contributed by atoms with Crippen molar-refractivity contribution in [2.75, 3.05) is 14.1 Å². The first kappa shape index (κ1) is 24.3. The molecular weight excluding hydrogens is 420 g/mol. The van der Waals surface area contributed by atoms with E-state index in [-0.39, 0.29) is 24.0 Å². The van der Waals surface area contributed by atoms with E-state index in [9.17, 15) is 39.9 Å². The zero-order chi connectivity index (χ0) is 24.1. The van der Waals surface area contributed by atoms with Gasteiger partial charge in [-0.2, -0.15) is 0 Å². The molecule has 0 radical (unpaired) electrons. The molecule has 0 aromatic heterocycles. The van der Waals surface area contributed by atoms with Gasteiger partial charge < -0.3 is 36.2 Å². The number of ketones is 2. The number of primary amides is 1. The second-order valence-corrected chi connectivity index (χ2v) is 9.03. The molecule has 1 amide bonds. The Labute approximate surface area is 185 Å². The predicted molar refractivity (Wildman–Crippen MR) is 111 cm³/mol. The van der Waals surface area contributed by atoms with Crippen LogP contribution in [0.15, 0.2) is 18.2 Å². The van der Waals surface area contributed by atoms with Crippen LogP contribution in [0.25, 0.3) is 0 Å². The summed E-state index contributed by atoms with van der Waals surface area (Å²) in [5.41, 5.74) is 2.75. The van der Waals surface area contributed by atoms with Gasteiger partial charge in [0.1, 0.15) is 11.9 Å². The first-order valence-corrected chi connectivity index (χ1v) is 10.5. The van der Waals surface area contributed by atoms with Crippen molar-refractivity contribution in [3.8, 4) is 5.75 Å². The van der Waals surface area contributed by atoms with Gasteiger partial charge in [0.25, 0.3) is 0 Å². The molecule has 0 heterocycles. The zero-order valence-corrected chi connectivity index (χ0v) is 18.2. The van der Waals surface area contributed by atoms with E-state index < -0.39 is 70.9 Å². The molecule has 0 saturated heterocycles. The average Bonchev–Trinajstić information content (AvgIpc) is 2.69. The summed E-state index contributed by atoms with van der Waals surface area (Å²) in [6, 6.07) is 3.27. The van der Waals surface area contributed by atoms with Gasteiger partial charge in [0, 0.05) is 12.0 Å². The number of carbonyl (C=O) groups is 3. The minimum Gasteiger partial charge on any atom is -0.507 e. The number of aromatic hydroxyl groups is 1. The van der Waals surface area contributed by atoms with Gasteiger partial charge in [0.15, 0.2) is 17.2 Å². The van der Waals surface area contributed by atoms with Gasteiger partial charge in [-0.3, -0.25) is 14.4 Å². The molecular formula is C22H30N2O8. The number of hydrogen-bond acceptors (Lipinski definition) is 9. The van der Waals surface area contributed by atoms with E-state index in [1.54, 1.807) is 19.0 Å². The van der Waals surface area contributed by atoms with Gasteiger partial charge in [0.05, 0.1) is 29.6 Å². The van der Waals surface area contributed by atoms with Crippen molar-refractivity contribution in [3.05, 3.63) is 29.3 Å². The maximum Gasteiger partial charge on any atom is 0.225 e. The highest BCUT2D eigenvalue weighted by molar-refractivity contribution is 6.15. The fourth-order valence-corrected chi connectivity index (χ4v) is 5.45. The molecule has 2 saturated carbocycles. The number of hydrogen-bond donors (Lipinski definition) is 6. The van der Waals surface area contributed by atoms with Crippen LogP contribution < -0.4 is 5.73 Å². The minimum absolute atomic E-state index is 0.0107. The lowest BCUT2D eigenvalue weighted by molar-refractivity contribution is -0.220. The van der Waals surface area contributed by atoms with Gasteiger partial charge >= 0.3 is 0 Å². The number of aliphatic hydroxyl groups excluding tert-OH is 3. The molecule has 2 fully saturated rings. The average molecular weight is 450 g/mol. The Bertz CT molecular complexity index is 933. The number of Topliss-reactive ketones (excluding diaryl/α,β-unsaturated/α-hetero) is 2. The van der Waals surface area contributed by atoms with Crippen LogP contribution in [-0.4, -0.2) is 85.9 Å². The normalized spacial score (nSPS) is 35.9. The molecule has 8 unspecified atom stereocenters. The Morgan fingerprint density at radius 3 is 2.38 bits per heavy atom. The number of benzene rings is 1. The maximum atomic E-state index is 13.5. The summed E-state index contributed by atoms with van der Waals surface area (Å²) < 4.78 is 0. The Balaban J connectivity index is 2.08. The summed E-state index contributed by atoms with van der Waals surface area (Å²) in [6.45, 7) is 1.41. The van der Waals surface area contributed by atoms with Crippen LogP contribution in [0, 0.1) is 17.8 Å². The monoisotopic (exact) mass is 450 g/mol. The number of nitrogens with zero attached hydrogens (tertiary/aromatic N) is 1. The van der Waals surface area contributed by atoms with Gasteiger partial charge in [-0.05, 0) is 45.5 Å². The Morgan fingerprint density at radius 2 is 1.84 bits per heavy atom. The molecule has 7 N–H and O–H groups in total. The smallest absolute Gasteiger partial charge is 0.225 e. The van der Waals surface area contributed by atoms with Crippen molar-refractivity contribution in [1.82, 2.24) is 4.90 Å². The van der Waals surface area contributed by atoms with Gasteiger partial charge in [-0.25, -0.2) is 0 Å². The SMILES string of the molecule is CC(O)c1cccc(O)c1C(=O)C1CCC2C(N(C)C)C(O)C(C(N)=O)C(O)C2(O)C1=O. The standard InChI is InChI=1S/C22H30N2O8/c1-9(25)10-5-4-6-13(26)14(10)17(27)11-7-8-12-16(24(2)3)18(28)15(21(23)31)20(30)22(12,32)19(11)29/h4-6,9,11-12,15-16,18,20,25-26,28,30,32H,7-8H2,1-3H3,(H2,23,31). The lowest BCUT2D eigenvalue weighted by Crippen LogP contribution is -2.75. The lowest BCUT2D eigenvalue weighted by Gasteiger charge is -2.55. The van der Waals surface area contributed by atoms with Crippen molar-refractivity contribution >= 4 is 17.5 Å². The third kappa shape index (κ3) is 3.52. The van der Waals surface area contributed by atoms with Crippen molar-refractivity contribution < 1.29 is 39.9 Å². The molecule has 176 valence electrons. The number of fused-ring (bicyclic) bond motifs is 1. The Morgan fingerprint density at radius 1 is 1.22 bits per heavy atom. The summed E-state index contributed by atoms with van der Waals surface area (Å²) in [6.07, 6.45) is -4.48. The van der Waals surface area contributed by atoms with Crippen LogP contribution in [0.5, 0.6) is 5.75 Å². The molecule has 2 aliphatic carbocycles. The summed E-state index contributed by atoms with van der Waals surface area (Å²) in [7, 11) is 3.20. The molecule has 10 heteroatoms. The van der Waals surface area contributed by atoms with E-state index in [1.807, 2.05) is 0 Å². The van der Waals surface area contributed by atoms with Crippen LogP contribution in [0.4, 0.5) is 0 Å². The van der Waals surface area contributed by atoms with Gasteiger partial charge in [-0.15, -0.1) is 0 Å². The summed E-state index contributed by atoms with van der Waals surface area (Å²) in [4.78, 5) is 40.4. The number of carbonyl (C=O) groups excluding carboxylic acids is 3. The topological polar surface area (TPSA) is 182 Å². The summed E-state index contributed by atoms with van der Waals surface area (Å²) in [5, 5.41) is 53.4. The highest BCUT2D eigenvalue weighted by atomic mass is 16.4. The molecule has 0 bridgehead atoms. The Kier molecular flexibility index (Phi) is 6.47. The molecule has 0 spiro atoms. The highest BCUT2D eigenvalue weighted by Gasteiger charge is 2.66. The number of nitrogens with two attached hydrogens (primary N) is 1. The number of phenols is 1. The molecule has 2 aliphatic rings. The number of likely N-dealkylation sites (N-methyl/N-ethyl adjacent to an activating group) is 1. The van der Waals surface area contributed by atoms with Crippen molar-refractivity contribution in [3.63, 3.8) is 0 Å². The van der Waals surface area contributed by atoms with Crippen LogP contribution in [0.3, 0.4) is 0 Å². The fraction of sp³-hybridized carbons (Fsp3) is 0.591. The van der Waals surface area contributed by atoms with Crippen molar-refractivity contribution in [2.24, 2.45) is 23.5 Å². The third-order valence-corrected chi connectivity index (χ3v) is 6.98. The minimum atomic E-state index is -2.51. The predicted octanol–water partition coefficient (Wildman–Crippen LogP) is -1.28. The van der Waals surface area contributed by atoms with Crippen molar-refractivity contribution in [1.29, 1.82) is 0 Å². The highest BCUT2D eigenvalue weighted by Crippen LogP contribution is 2.48. The molecule has 0 aliphatic heterocycles. The molecule has 1 aromatic rings. The molecule has 32 heavy (non-hydrogen) atoms. The van der Waals surface area contributed by atoms with Gasteiger partial charge in [-0.1, -0.05) is 12.1 Å². The van der Waals surface area contributed by atoms with E-state index >= 15 is 0 Å². The first-order chi connectivity index (χ1) is 14.8. The lowest BCUT2D eigenvalue weighted by atomic mass is 9.55. The van der Waals surface area contributed by atoms with Crippen LogP contribution in [0.1, 0.15) is 41.8 Å². The third-order valence-electron chi connectivity index (χ3n) is 6.98. The van der Waals surface area contributed by atoms with E-state index in [1.165, 1.54) is 25.1 Å². The summed E-state index contributed by atoms with van der Waals surface area (Å²) >= 11 is 0. The van der Waals surface area contributed by atoms with Gasteiger partial charge in [0.2, 0.25) is 5.91 Å². The molecule has 3 rings (SSSR count). The number of amides is 1. The van der Waals surface area contributed by atoms with Crippen LogP contribution >= 0.6 is 0 Å². The first-order valence-electron chi connectivity index (χ1n) is 10.5. The van der Waals surface area contributed by atoms with E-state index in [0.29, 0.717) is 0 Å². The fourth-order valence-electron chi connectivity index (χ4n) is 5.45. The summed E-state index contributed by atoms with van der Waals surface area (Å²) in [5.74, 6) is -7.32. The number of aliphatic hydroxyl groups is 4. The van der Waals surface area contributed by atoms with Crippen LogP contribution in [-0.2, 0) is 9.59 Å². The number of phenolic OH excluding ortho intramolecular Hbond substituents is 1. The molecule has 10 nitrogen and oxygen atoms in total. The zero-order valence-electron chi connectivity index (χ0n) is 18.2. The van der Waals surface area contributed by atoms with Crippen molar-refractivity contribution in [2.45, 2.75) is 49.7 Å². The van der Waals surface area contributed by atoms with E-state index in [4.69, 9.17) is 5.73 Å². The molecule has 1 aromatic carbocycles. The second kappa shape index (κ2) is 8.53. The maximum absolute atomic E-state index is 13.5. The number of rotatable bonds is 5. The van der Waals surface area contributed by atoms with Crippen LogP contribution in [0.2, 0.25) is 0 Å². The van der Waals surface area contributed by atoms with E-state index in [2.05, 4.69) is 0 Å². The van der Waals surface area contributed by atoms with E-state index in [0.717, 1.165) is 0 Å².